The number of fused-ring (bicyclic) bond motifs is 1. The molecule has 1 unspecified atom stereocenters. The molecule has 0 bridgehead atoms. The first kappa shape index (κ1) is 23.8. The second-order valence-corrected chi connectivity index (χ2v) is 10.0. The fraction of sp³-hybridized carbons (Fsp3) is 0.200. The number of anilines is 1. The molecule has 1 saturated heterocycles. The summed E-state index contributed by atoms with van der Waals surface area (Å²) in [5.41, 5.74) is 5.42. The maximum absolute atomic E-state index is 12.8. The quantitative estimate of drug-likeness (QED) is 0.109. The van der Waals surface area contributed by atoms with Crippen molar-refractivity contribution in [3.63, 3.8) is 0 Å². The SMILES string of the molecule is C[n+]1ccccc1SC=CC1=C(C(=O)[O-])N2C(=O)C(NC(=O)C(=NO)c3csc(N)n3)[C@H]2SC1. The van der Waals surface area contributed by atoms with E-state index in [0.29, 0.717) is 11.3 Å². The lowest BCUT2D eigenvalue weighted by Gasteiger charge is -2.50. The minimum atomic E-state index is -1.48. The topological polar surface area (TPSA) is 165 Å². The minimum absolute atomic E-state index is 0.0643. The predicted octanol–water partition coefficient (Wildman–Crippen LogP) is -0.562. The Balaban J connectivity index is 1.49. The number of allylic oxidation sites excluding steroid dienone is 1. The Morgan fingerprint density at radius 1 is 1.47 bits per heavy atom. The van der Waals surface area contributed by atoms with Gasteiger partial charge in [-0.2, -0.15) is 4.57 Å². The number of oxime groups is 1. The number of carbonyl (C=O) groups excluding carboxylic acids is 3. The van der Waals surface area contributed by atoms with Gasteiger partial charge in [0.15, 0.2) is 17.0 Å². The fourth-order valence-corrected chi connectivity index (χ4v) is 6.02. The first-order chi connectivity index (χ1) is 16.3. The van der Waals surface area contributed by atoms with Crippen molar-refractivity contribution in [2.45, 2.75) is 16.4 Å². The average Bonchev–Trinajstić information content (AvgIpc) is 3.24. The molecular formula is C20H18N6O5S3. The number of thiazole rings is 1. The monoisotopic (exact) mass is 518 g/mol. The molecule has 14 heteroatoms. The van der Waals surface area contributed by atoms with E-state index in [2.05, 4.69) is 15.5 Å². The van der Waals surface area contributed by atoms with Gasteiger partial charge in [0.25, 0.3) is 11.8 Å². The number of pyridine rings is 1. The van der Waals surface area contributed by atoms with E-state index in [4.69, 9.17) is 5.73 Å². The normalized spacial score (nSPS) is 20.3. The molecule has 2 atom stereocenters. The van der Waals surface area contributed by atoms with Crippen LogP contribution in [-0.4, -0.2) is 55.8 Å². The summed E-state index contributed by atoms with van der Waals surface area (Å²) in [6.07, 6.45) is 3.54. The second kappa shape index (κ2) is 9.87. The number of carboxylic acid groups (broad SMARTS) is 1. The molecule has 0 aromatic carbocycles. The van der Waals surface area contributed by atoms with Crippen molar-refractivity contribution in [2.24, 2.45) is 12.2 Å². The van der Waals surface area contributed by atoms with Crippen LogP contribution in [0.2, 0.25) is 0 Å². The van der Waals surface area contributed by atoms with Crippen molar-refractivity contribution in [1.29, 1.82) is 0 Å². The van der Waals surface area contributed by atoms with Gasteiger partial charge in [0.2, 0.25) is 5.03 Å². The third-order valence-corrected chi connectivity index (χ3v) is 7.94. The zero-order valence-corrected chi connectivity index (χ0v) is 20.0. The summed E-state index contributed by atoms with van der Waals surface area (Å²) < 4.78 is 1.92. The molecule has 4 N–H and O–H groups in total. The highest BCUT2D eigenvalue weighted by Gasteiger charge is 2.53. The fourth-order valence-electron chi connectivity index (χ4n) is 3.40. The zero-order valence-electron chi connectivity index (χ0n) is 17.6. The maximum atomic E-state index is 12.8. The summed E-state index contributed by atoms with van der Waals surface area (Å²) in [4.78, 5) is 42.3. The summed E-state index contributed by atoms with van der Waals surface area (Å²) in [7, 11) is 1.90. The smallest absolute Gasteiger partial charge is 0.276 e. The second-order valence-electron chi connectivity index (χ2n) is 7.11. The van der Waals surface area contributed by atoms with Gasteiger partial charge in [-0.25, -0.2) is 4.98 Å². The Morgan fingerprint density at radius 2 is 2.26 bits per heavy atom. The molecule has 2 aliphatic heterocycles. The van der Waals surface area contributed by atoms with Gasteiger partial charge >= 0.3 is 0 Å². The molecule has 4 heterocycles. The van der Waals surface area contributed by atoms with Crippen LogP contribution in [0.3, 0.4) is 0 Å². The summed E-state index contributed by atoms with van der Waals surface area (Å²) >= 11 is 3.77. The molecule has 4 rings (SSSR count). The molecule has 2 aliphatic rings. The van der Waals surface area contributed by atoms with Crippen LogP contribution >= 0.6 is 34.9 Å². The molecule has 0 saturated carbocycles. The van der Waals surface area contributed by atoms with Gasteiger partial charge in [-0.05, 0) is 34.9 Å². The zero-order chi connectivity index (χ0) is 24.4. The number of carbonyl (C=O) groups is 3. The van der Waals surface area contributed by atoms with Crippen molar-refractivity contribution in [1.82, 2.24) is 15.2 Å². The number of aryl methyl sites for hydroxylation is 1. The Hall–Kier alpha value is -3.36. The highest BCUT2D eigenvalue weighted by atomic mass is 32.2. The minimum Gasteiger partial charge on any atom is -0.543 e. The number of nitrogen functional groups attached to an aromatic ring is 1. The number of amides is 2. The van der Waals surface area contributed by atoms with Gasteiger partial charge < -0.3 is 26.2 Å². The number of aliphatic carboxylic acids is 1. The van der Waals surface area contributed by atoms with Gasteiger partial charge in [0.1, 0.15) is 24.2 Å². The van der Waals surface area contributed by atoms with Crippen LogP contribution in [0.5, 0.6) is 0 Å². The number of β-lactam (4-membered cyclic amide) rings is 1. The molecule has 0 aliphatic carbocycles. The number of nitrogens with zero attached hydrogens (tertiary/aromatic N) is 4. The lowest BCUT2D eigenvalue weighted by Crippen LogP contribution is -2.71. The van der Waals surface area contributed by atoms with Crippen LogP contribution in [0.25, 0.3) is 0 Å². The lowest BCUT2D eigenvalue weighted by molar-refractivity contribution is -0.708. The van der Waals surface area contributed by atoms with Crippen molar-refractivity contribution in [3.8, 4) is 0 Å². The number of carboxylic acids is 1. The lowest BCUT2D eigenvalue weighted by atomic mass is 10.0. The molecule has 34 heavy (non-hydrogen) atoms. The molecule has 176 valence electrons. The molecule has 0 spiro atoms. The van der Waals surface area contributed by atoms with E-state index in [9.17, 15) is 24.7 Å². The van der Waals surface area contributed by atoms with E-state index in [1.807, 2.05) is 36.0 Å². The Morgan fingerprint density at radius 3 is 2.91 bits per heavy atom. The summed E-state index contributed by atoms with van der Waals surface area (Å²) in [6.45, 7) is 0. The van der Waals surface area contributed by atoms with Gasteiger partial charge in [-0.15, -0.1) is 23.1 Å². The number of aromatic nitrogens is 2. The summed E-state index contributed by atoms with van der Waals surface area (Å²) in [5.74, 6) is -2.61. The Labute approximate surface area is 206 Å². The van der Waals surface area contributed by atoms with Gasteiger partial charge in [-0.1, -0.05) is 5.16 Å². The molecular weight excluding hydrogens is 500 g/mol. The average molecular weight is 519 g/mol. The van der Waals surface area contributed by atoms with Gasteiger partial charge in [0, 0.05) is 23.3 Å². The first-order valence-corrected chi connectivity index (χ1v) is 12.5. The molecule has 1 fully saturated rings. The largest absolute Gasteiger partial charge is 0.543 e. The summed E-state index contributed by atoms with van der Waals surface area (Å²) in [5, 5.41) is 30.3. The summed E-state index contributed by atoms with van der Waals surface area (Å²) in [6, 6.07) is 4.72. The maximum Gasteiger partial charge on any atom is 0.276 e. The van der Waals surface area contributed by atoms with E-state index in [1.54, 1.807) is 11.5 Å². The van der Waals surface area contributed by atoms with E-state index < -0.39 is 34.9 Å². The van der Waals surface area contributed by atoms with Crippen molar-refractivity contribution >= 4 is 63.5 Å². The Bertz CT molecular complexity index is 1260. The van der Waals surface area contributed by atoms with Crippen LogP contribution in [0.15, 0.2) is 62.7 Å². The first-order valence-electron chi connectivity index (χ1n) is 9.73. The number of nitrogens with two attached hydrogens (primary N) is 1. The van der Waals surface area contributed by atoms with Crippen LogP contribution in [0, 0.1) is 0 Å². The number of nitrogens with one attached hydrogen (secondary N) is 1. The molecule has 11 nitrogen and oxygen atoms in total. The van der Waals surface area contributed by atoms with E-state index in [-0.39, 0.29) is 16.5 Å². The number of rotatable bonds is 7. The van der Waals surface area contributed by atoms with E-state index in [0.717, 1.165) is 21.3 Å². The molecule has 2 aromatic rings. The van der Waals surface area contributed by atoms with Crippen molar-refractivity contribution in [3.05, 3.63) is 58.2 Å². The number of hydrogen-bond donors (Lipinski definition) is 3. The molecule has 2 aromatic heterocycles. The number of hydrogen-bond acceptors (Lipinski definition) is 11. The third kappa shape index (κ3) is 4.51. The number of thioether (sulfide) groups is 2. The van der Waals surface area contributed by atoms with Crippen LogP contribution < -0.4 is 20.7 Å². The van der Waals surface area contributed by atoms with Crippen molar-refractivity contribution in [2.75, 3.05) is 11.5 Å². The highest BCUT2D eigenvalue weighted by molar-refractivity contribution is 8.02. The van der Waals surface area contributed by atoms with Crippen LogP contribution in [0.4, 0.5) is 5.13 Å². The van der Waals surface area contributed by atoms with Crippen molar-refractivity contribution < 1.29 is 29.3 Å². The highest BCUT2D eigenvalue weighted by Crippen LogP contribution is 2.40. The Kier molecular flexibility index (Phi) is 6.90. The van der Waals surface area contributed by atoms with E-state index in [1.165, 1.54) is 28.9 Å². The molecule has 2 amide bonds. The van der Waals surface area contributed by atoms with Gasteiger partial charge in [-0.3, -0.25) is 14.5 Å². The van der Waals surface area contributed by atoms with Crippen LogP contribution in [-0.2, 0) is 21.4 Å². The van der Waals surface area contributed by atoms with E-state index >= 15 is 0 Å². The predicted molar refractivity (Wildman–Crippen MR) is 125 cm³/mol. The van der Waals surface area contributed by atoms with Gasteiger partial charge in [0.05, 0.1) is 11.7 Å². The standard InChI is InChI=1S/C20H18N6O5S3/c1-25-6-3-2-4-12(25)32-7-5-10-8-33-18-14(17(28)26(18)15(10)19(29)30)23-16(27)13(24-31)11-9-34-20(21)22-11/h2-7,9,14,18H,8H2,1H3,(H4-,21,22,23,27,29,30,31)/t14?,18-/m1/s1. The van der Waals surface area contributed by atoms with Crippen LogP contribution in [0.1, 0.15) is 5.69 Å². The third-order valence-electron chi connectivity index (χ3n) is 5.02. The molecule has 0 radical (unpaired) electrons.